The molecule has 2 aromatic carbocycles. The van der Waals surface area contributed by atoms with Gasteiger partial charge in [0.2, 0.25) is 5.91 Å². The molecule has 0 radical (unpaired) electrons. The molecule has 29 heavy (non-hydrogen) atoms. The Kier molecular flexibility index (Phi) is 6.34. The molecule has 4 rings (SSSR count). The Morgan fingerprint density at radius 2 is 1.86 bits per heavy atom. The Morgan fingerprint density at radius 3 is 2.52 bits per heavy atom. The van der Waals surface area contributed by atoms with E-state index >= 15 is 0 Å². The maximum atomic E-state index is 12.8. The van der Waals surface area contributed by atoms with Crippen molar-refractivity contribution in [1.82, 2.24) is 5.32 Å². The van der Waals surface area contributed by atoms with Crippen molar-refractivity contribution in [3.63, 3.8) is 0 Å². The summed E-state index contributed by atoms with van der Waals surface area (Å²) >= 11 is 11.1. The molecule has 4 atom stereocenters. The molecule has 1 fully saturated rings. The Bertz CT molecular complexity index is 971. The molecule has 1 amide bonds. The van der Waals surface area contributed by atoms with Crippen LogP contribution >= 0.6 is 56.8 Å². The lowest BCUT2D eigenvalue weighted by Gasteiger charge is -2.44. The fraction of sp³-hybridized carbons (Fsp3) is 0.375. The third kappa shape index (κ3) is 3.78. The third-order valence-electron chi connectivity index (χ3n) is 6.66. The standard InChI is InChI=1S/C24H24ClI2NO/c1-14-10-24(2)20(13-28-23(24)29)22(16-5-3-15(11-26)4-6-16)21(14)19-8-7-18(25)9-17(19)12-27/h3-10,20-22H,11-13H2,1-2H3,(H,28,29)/t20-,21-,22+,24+/m0/s1. The van der Waals surface area contributed by atoms with Gasteiger partial charge >= 0.3 is 0 Å². The number of amides is 1. The van der Waals surface area contributed by atoms with E-state index in [0.29, 0.717) is 0 Å². The average Bonchev–Trinajstić information content (AvgIpc) is 3.01. The number of carbonyl (C=O) groups is 1. The summed E-state index contributed by atoms with van der Waals surface area (Å²) in [4.78, 5) is 12.8. The quantitative estimate of drug-likeness (QED) is 0.225. The maximum absolute atomic E-state index is 12.8. The highest BCUT2D eigenvalue weighted by Gasteiger charge is 2.54. The first-order valence-corrected chi connectivity index (χ1v) is 13.3. The molecule has 2 nitrogen and oxygen atoms in total. The van der Waals surface area contributed by atoms with E-state index in [1.165, 1.54) is 27.8 Å². The molecule has 2 aliphatic rings. The summed E-state index contributed by atoms with van der Waals surface area (Å²) < 4.78 is 1.92. The molecule has 0 saturated carbocycles. The van der Waals surface area contributed by atoms with Gasteiger partial charge in [0, 0.05) is 38.2 Å². The van der Waals surface area contributed by atoms with Crippen molar-refractivity contribution >= 4 is 62.7 Å². The summed E-state index contributed by atoms with van der Waals surface area (Å²) in [5.74, 6) is 0.870. The predicted molar refractivity (Wildman–Crippen MR) is 137 cm³/mol. The highest BCUT2D eigenvalue weighted by Crippen LogP contribution is 2.56. The van der Waals surface area contributed by atoms with Crippen molar-refractivity contribution in [1.29, 1.82) is 0 Å². The van der Waals surface area contributed by atoms with Crippen LogP contribution in [0.3, 0.4) is 0 Å². The summed E-state index contributed by atoms with van der Waals surface area (Å²) in [5, 5.41) is 3.93. The summed E-state index contributed by atoms with van der Waals surface area (Å²) in [5.41, 5.74) is 6.09. The van der Waals surface area contributed by atoms with Crippen LogP contribution in [-0.2, 0) is 13.6 Å². The molecule has 1 heterocycles. The SMILES string of the molecule is CC1=C[C@@]2(C)C(=O)NC[C@H]2[C@@H](c2ccc(CI)cc2)[C@@H]1c1ccc(Cl)cc1CI. The van der Waals surface area contributed by atoms with Crippen LogP contribution in [0.1, 0.15) is 47.9 Å². The first-order valence-electron chi connectivity index (χ1n) is 9.85. The van der Waals surface area contributed by atoms with Crippen LogP contribution in [0.2, 0.25) is 5.02 Å². The predicted octanol–water partition coefficient (Wildman–Crippen LogP) is 6.79. The van der Waals surface area contributed by atoms with Crippen LogP contribution < -0.4 is 5.32 Å². The molecule has 0 aromatic heterocycles. The zero-order chi connectivity index (χ0) is 20.8. The van der Waals surface area contributed by atoms with Crippen molar-refractivity contribution in [2.45, 2.75) is 34.5 Å². The molecule has 152 valence electrons. The van der Waals surface area contributed by atoms with Crippen LogP contribution in [-0.4, -0.2) is 12.5 Å². The number of rotatable bonds is 4. The van der Waals surface area contributed by atoms with Gasteiger partial charge < -0.3 is 5.32 Å². The molecule has 0 bridgehead atoms. The van der Waals surface area contributed by atoms with Gasteiger partial charge in [-0.25, -0.2) is 0 Å². The van der Waals surface area contributed by atoms with Crippen molar-refractivity contribution in [2.75, 3.05) is 6.54 Å². The fourth-order valence-corrected chi connectivity index (χ4v) is 6.57. The summed E-state index contributed by atoms with van der Waals surface area (Å²) in [6.45, 7) is 5.02. The number of fused-ring (bicyclic) bond motifs is 1. The van der Waals surface area contributed by atoms with Gasteiger partial charge in [-0.05, 0) is 48.2 Å². The number of benzene rings is 2. The van der Waals surface area contributed by atoms with Gasteiger partial charge in [-0.3, -0.25) is 4.79 Å². The van der Waals surface area contributed by atoms with E-state index in [0.717, 1.165) is 20.4 Å². The second-order valence-electron chi connectivity index (χ2n) is 8.34. The molecule has 1 saturated heterocycles. The highest BCUT2D eigenvalue weighted by molar-refractivity contribution is 14.1. The van der Waals surface area contributed by atoms with E-state index in [1.54, 1.807) is 0 Å². The van der Waals surface area contributed by atoms with E-state index < -0.39 is 5.41 Å². The number of alkyl halides is 2. The van der Waals surface area contributed by atoms with Crippen LogP contribution in [0.4, 0.5) is 0 Å². The first kappa shape index (κ1) is 21.6. The van der Waals surface area contributed by atoms with Gasteiger partial charge in [0.25, 0.3) is 0 Å². The number of hydrogen-bond donors (Lipinski definition) is 1. The van der Waals surface area contributed by atoms with Crippen LogP contribution in [0, 0.1) is 11.3 Å². The topological polar surface area (TPSA) is 29.1 Å². The minimum atomic E-state index is -0.454. The van der Waals surface area contributed by atoms with Crippen LogP contribution in [0.25, 0.3) is 0 Å². The number of hydrogen-bond acceptors (Lipinski definition) is 1. The Hall–Kier alpha value is -0.600. The van der Waals surface area contributed by atoms with Gasteiger partial charge in [0.05, 0.1) is 5.41 Å². The molecule has 1 aliphatic carbocycles. The van der Waals surface area contributed by atoms with Gasteiger partial charge in [0.15, 0.2) is 0 Å². The van der Waals surface area contributed by atoms with E-state index in [9.17, 15) is 4.79 Å². The molecule has 0 unspecified atom stereocenters. The lowest BCUT2D eigenvalue weighted by atomic mass is 9.58. The Labute approximate surface area is 205 Å². The second-order valence-corrected chi connectivity index (χ2v) is 10.3. The smallest absolute Gasteiger partial charge is 0.230 e. The number of halogens is 3. The molecule has 0 spiro atoms. The molecular weight excluding hydrogens is 608 g/mol. The molecule has 1 aliphatic heterocycles. The zero-order valence-electron chi connectivity index (χ0n) is 16.5. The zero-order valence-corrected chi connectivity index (χ0v) is 21.6. The molecule has 2 aromatic rings. The van der Waals surface area contributed by atoms with Crippen molar-refractivity contribution < 1.29 is 4.79 Å². The Morgan fingerprint density at radius 1 is 1.14 bits per heavy atom. The Balaban J connectivity index is 1.91. The minimum absolute atomic E-state index is 0.152. The monoisotopic (exact) mass is 631 g/mol. The average molecular weight is 632 g/mol. The summed E-state index contributed by atoms with van der Waals surface area (Å²) in [6, 6.07) is 15.3. The number of carbonyl (C=O) groups excluding carboxylic acids is 1. The number of nitrogens with one attached hydrogen (secondary N) is 1. The highest BCUT2D eigenvalue weighted by atomic mass is 127. The maximum Gasteiger partial charge on any atom is 0.230 e. The van der Waals surface area contributed by atoms with Gasteiger partial charge in [-0.1, -0.05) is 98.8 Å². The molecular formula is C24H24ClI2NO. The third-order valence-corrected chi connectivity index (χ3v) is 8.59. The lowest BCUT2D eigenvalue weighted by Crippen LogP contribution is -2.39. The molecule has 5 heteroatoms. The first-order chi connectivity index (χ1) is 13.9. The normalized spacial score (nSPS) is 28.7. The summed E-state index contributed by atoms with van der Waals surface area (Å²) in [6.07, 6.45) is 2.23. The van der Waals surface area contributed by atoms with Gasteiger partial charge in [-0.2, -0.15) is 0 Å². The second kappa shape index (κ2) is 8.50. The fourth-order valence-electron chi connectivity index (χ4n) is 5.21. The summed E-state index contributed by atoms with van der Waals surface area (Å²) in [7, 11) is 0. The van der Waals surface area contributed by atoms with E-state index in [-0.39, 0.29) is 23.7 Å². The lowest BCUT2D eigenvalue weighted by molar-refractivity contribution is -0.126. The van der Waals surface area contributed by atoms with Crippen LogP contribution in [0.15, 0.2) is 54.1 Å². The van der Waals surface area contributed by atoms with Gasteiger partial charge in [0.1, 0.15) is 0 Å². The number of allylic oxidation sites excluding steroid dienone is 1. The molecule has 1 N–H and O–H groups in total. The minimum Gasteiger partial charge on any atom is -0.355 e. The van der Waals surface area contributed by atoms with Crippen molar-refractivity contribution in [2.24, 2.45) is 11.3 Å². The van der Waals surface area contributed by atoms with E-state index in [2.05, 4.69) is 107 Å². The van der Waals surface area contributed by atoms with Crippen molar-refractivity contribution in [3.8, 4) is 0 Å². The van der Waals surface area contributed by atoms with E-state index in [4.69, 9.17) is 11.6 Å². The van der Waals surface area contributed by atoms with Gasteiger partial charge in [-0.15, -0.1) is 0 Å². The van der Waals surface area contributed by atoms with Crippen molar-refractivity contribution in [3.05, 3.63) is 81.4 Å². The largest absolute Gasteiger partial charge is 0.355 e. The van der Waals surface area contributed by atoms with Crippen LogP contribution in [0.5, 0.6) is 0 Å². The van der Waals surface area contributed by atoms with E-state index in [1.807, 2.05) is 6.07 Å².